The van der Waals surface area contributed by atoms with E-state index in [2.05, 4.69) is 9.98 Å². The number of hydrogen-bond acceptors (Lipinski definition) is 3. The largest absolute Gasteiger partial charge is 0.228 e. The lowest BCUT2D eigenvalue weighted by Crippen LogP contribution is -1.76. The first-order valence-corrected chi connectivity index (χ1v) is 8.04. The number of nitrogens with zero attached hydrogens (tertiary/aromatic N) is 2. The Labute approximate surface area is 138 Å². The SMILES string of the molecule is Clc1ccc(-c2csc(/N=C/C=C/c3ccccc3)n2)cc1. The van der Waals surface area contributed by atoms with Crippen molar-refractivity contribution >= 4 is 40.4 Å². The van der Waals surface area contributed by atoms with E-state index < -0.39 is 0 Å². The number of thiazole rings is 1. The average molecular weight is 325 g/mol. The van der Waals surface area contributed by atoms with Crippen molar-refractivity contribution in [2.24, 2.45) is 4.99 Å². The molecule has 0 aliphatic heterocycles. The van der Waals surface area contributed by atoms with Crippen molar-refractivity contribution in [2.45, 2.75) is 0 Å². The molecule has 4 heteroatoms. The zero-order valence-corrected chi connectivity index (χ0v) is 13.3. The zero-order chi connectivity index (χ0) is 15.2. The number of hydrogen-bond donors (Lipinski definition) is 0. The molecule has 0 unspecified atom stereocenters. The van der Waals surface area contributed by atoms with Gasteiger partial charge in [0.1, 0.15) is 0 Å². The van der Waals surface area contributed by atoms with Crippen LogP contribution in [-0.2, 0) is 0 Å². The lowest BCUT2D eigenvalue weighted by Gasteiger charge is -1.95. The van der Waals surface area contributed by atoms with Crippen LogP contribution in [0.3, 0.4) is 0 Å². The summed E-state index contributed by atoms with van der Waals surface area (Å²) in [6.07, 6.45) is 5.69. The van der Waals surface area contributed by atoms with Gasteiger partial charge in [-0.25, -0.2) is 9.98 Å². The second kappa shape index (κ2) is 7.16. The van der Waals surface area contributed by atoms with E-state index in [1.807, 2.05) is 72.1 Å². The van der Waals surface area contributed by atoms with Crippen molar-refractivity contribution in [1.82, 2.24) is 4.98 Å². The Morgan fingerprint density at radius 1 is 1.00 bits per heavy atom. The van der Waals surface area contributed by atoms with Crippen LogP contribution in [0.5, 0.6) is 0 Å². The summed E-state index contributed by atoms with van der Waals surface area (Å²) in [5.41, 5.74) is 3.11. The molecule has 2 aromatic carbocycles. The third-order valence-electron chi connectivity index (χ3n) is 2.99. The number of benzene rings is 2. The third kappa shape index (κ3) is 3.91. The molecule has 3 rings (SSSR count). The Morgan fingerprint density at radius 3 is 2.55 bits per heavy atom. The highest BCUT2D eigenvalue weighted by Crippen LogP contribution is 2.27. The summed E-state index contributed by atoms with van der Waals surface area (Å²) in [7, 11) is 0. The number of halogens is 1. The Balaban J connectivity index is 1.68. The van der Waals surface area contributed by atoms with Gasteiger partial charge in [0.25, 0.3) is 0 Å². The standard InChI is InChI=1S/C18H13ClN2S/c19-16-10-8-15(9-11-16)17-13-22-18(21-17)20-12-4-7-14-5-2-1-3-6-14/h1-13H/b7-4+,20-12+. The van der Waals surface area contributed by atoms with Crippen LogP contribution in [0.25, 0.3) is 17.3 Å². The van der Waals surface area contributed by atoms with E-state index in [0.29, 0.717) is 0 Å². The third-order valence-corrected chi connectivity index (χ3v) is 3.99. The normalized spacial score (nSPS) is 11.5. The predicted octanol–water partition coefficient (Wildman–Crippen LogP) is 5.88. The van der Waals surface area contributed by atoms with Crippen molar-refractivity contribution in [3.63, 3.8) is 0 Å². The first kappa shape index (κ1) is 14.7. The second-order valence-electron chi connectivity index (χ2n) is 4.57. The fraction of sp³-hybridized carbons (Fsp3) is 0. The van der Waals surface area contributed by atoms with Crippen molar-refractivity contribution in [2.75, 3.05) is 0 Å². The van der Waals surface area contributed by atoms with Crippen LogP contribution in [0.2, 0.25) is 5.02 Å². The van der Waals surface area contributed by atoms with Crippen molar-refractivity contribution in [3.8, 4) is 11.3 Å². The summed E-state index contributed by atoms with van der Waals surface area (Å²) in [6.45, 7) is 0. The average Bonchev–Trinajstić information content (AvgIpc) is 3.02. The lowest BCUT2D eigenvalue weighted by atomic mass is 10.2. The maximum Gasteiger partial charge on any atom is 0.209 e. The second-order valence-corrected chi connectivity index (χ2v) is 5.84. The van der Waals surface area contributed by atoms with E-state index in [9.17, 15) is 0 Å². The van der Waals surface area contributed by atoms with Crippen LogP contribution >= 0.6 is 22.9 Å². The van der Waals surface area contributed by atoms with Crippen molar-refractivity contribution < 1.29 is 0 Å². The van der Waals surface area contributed by atoms with Gasteiger partial charge >= 0.3 is 0 Å². The van der Waals surface area contributed by atoms with E-state index in [1.165, 1.54) is 11.3 Å². The first-order chi connectivity index (χ1) is 10.8. The minimum absolute atomic E-state index is 0.725. The molecule has 108 valence electrons. The minimum Gasteiger partial charge on any atom is -0.228 e. The molecule has 0 N–H and O–H groups in total. The molecule has 0 saturated carbocycles. The molecule has 22 heavy (non-hydrogen) atoms. The summed E-state index contributed by atoms with van der Waals surface area (Å²) < 4.78 is 0. The Bertz CT molecular complexity index is 789. The van der Waals surface area contributed by atoms with Crippen LogP contribution in [-0.4, -0.2) is 11.2 Å². The Kier molecular flexibility index (Phi) is 4.78. The van der Waals surface area contributed by atoms with Gasteiger partial charge in [-0.3, -0.25) is 0 Å². The summed E-state index contributed by atoms with van der Waals surface area (Å²) in [5.74, 6) is 0. The molecule has 0 spiro atoms. The van der Waals surface area contributed by atoms with Crippen LogP contribution < -0.4 is 0 Å². The van der Waals surface area contributed by atoms with Gasteiger partial charge in [0.15, 0.2) is 0 Å². The molecule has 2 nitrogen and oxygen atoms in total. The highest BCUT2D eigenvalue weighted by molar-refractivity contribution is 7.13. The molecule has 0 aliphatic carbocycles. The molecular weight excluding hydrogens is 312 g/mol. The minimum atomic E-state index is 0.725. The van der Waals surface area contributed by atoms with E-state index in [4.69, 9.17) is 11.6 Å². The number of allylic oxidation sites excluding steroid dienone is 1. The molecule has 0 radical (unpaired) electrons. The van der Waals surface area contributed by atoms with Crippen molar-refractivity contribution in [1.29, 1.82) is 0 Å². The van der Waals surface area contributed by atoms with Gasteiger partial charge in [-0.2, -0.15) is 0 Å². The Morgan fingerprint density at radius 2 is 1.77 bits per heavy atom. The van der Waals surface area contributed by atoms with E-state index in [1.54, 1.807) is 6.21 Å². The summed E-state index contributed by atoms with van der Waals surface area (Å²) in [6, 6.07) is 17.8. The maximum absolute atomic E-state index is 5.89. The summed E-state index contributed by atoms with van der Waals surface area (Å²) in [4.78, 5) is 8.85. The number of aliphatic imine (C=N–C) groups is 1. The van der Waals surface area contributed by atoms with Gasteiger partial charge in [0, 0.05) is 22.2 Å². The van der Waals surface area contributed by atoms with Gasteiger partial charge < -0.3 is 0 Å². The Hall–Kier alpha value is -2.23. The van der Waals surface area contributed by atoms with Crippen LogP contribution in [0.1, 0.15) is 5.56 Å². The number of aromatic nitrogens is 1. The monoisotopic (exact) mass is 324 g/mol. The summed E-state index contributed by atoms with van der Waals surface area (Å²) >= 11 is 7.41. The van der Waals surface area contributed by atoms with Gasteiger partial charge in [-0.15, -0.1) is 11.3 Å². The summed E-state index contributed by atoms with van der Waals surface area (Å²) in [5, 5.41) is 3.46. The molecule has 0 bridgehead atoms. The van der Waals surface area contributed by atoms with Crippen LogP contribution in [0.4, 0.5) is 5.13 Å². The smallest absolute Gasteiger partial charge is 0.209 e. The fourth-order valence-corrected chi connectivity index (χ4v) is 2.71. The molecule has 0 aliphatic rings. The first-order valence-electron chi connectivity index (χ1n) is 6.78. The molecule has 3 aromatic rings. The van der Waals surface area contributed by atoms with Crippen LogP contribution in [0, 0.1) is 0 Å². The van der Waals surface area contributed by atoms with E-state index in [0.717, 1.165) is 27.0 Å². The number of rotatable bonds is 4. The fourth-order valence-electron chi connectivity index (χ4n) is 1.90. The quantitative estimate of drug-likeness (QED) is 0.550. The van der Waals surface area contributed by atoms with Gasteiger partial charge in [-0.1, -0.05) is 60.1 Å². The maximum atomic E-state index is 5.89. The molecule has 1 heterocycles. The van der Waals surface area contributed by atoms with Gasteiger partial charge in [-0.05, 0) is 23.8 Å². The topological polar surface area (TPSA) is 25.2 Å². The molecule has 1 aromatic heterocycles. The molecule has 0 saturated heterocycles. The zero-order valence-electron chi connectivity index (χ0n) is 11.7. The lowest BCUT2D eigenvalue weighted by molar-refractivity contribution is 1.36. The van der Waals surface area contributed by atoms with Gasteiger partial charge in [0.05, 0.1) is 5.69 Å². The molecule has 0 fully saturated rings. The van der Waals surface area contributed by atoms with Crippen LogP contribution in [0.15, 0.2) is 71.0 Å². The predicted molar refractivity (Wildman–Crippen MR) is 96.2 cm³/mol. The van der Waals surface area contributed by atoms with Gasteiger partial charge in [0.2, 0.25) is 5.13 Å². The van der Waals surface area contributed by atoms with Crippen molar-refractivity contribution in [3.05, 3.63) is 76.6 Å². The highest BCUT2D eigenvalue weighted by atomic mass is 35.5. The molecular formula is C18H13ClN2S. The molecule has 0 atom stereocenters. The highest BCUT2D eigenvalue weighted by Gasteiger charge is 2.02. The molecule has 0 amide bonds. The van der Waals surface area contributed by atoms with E-state index in [-0.39, 0.29) is 0 Å². The van der Waals surface area contributed by atoms with E-state index >= 15 is 0 Å².